The van der Waals surface area contributed by atoms with E-state index in [1.165, 1.54) is 17.7 Å². The Morgan fingerprint density at radius 2 is 1.96 bits per heavy atom. The van der Waals surface area contributed by atoms with Gasteiger partial charge in [0.1, 0.15) is 0 Å². The largest absolute Gasteiger partial charge is 0.333 e. The molecule has 24 heavy (non-hydrogen) atoms. The maximum Gasteiger partial charge on any atom is 0.243 e. The highest BCUT2D eigenvalue weighted by Crippen LogP contribution is 2.26. The third-order valence-corrected chi connectivity index (χ3v) is 6.82. The van der Waals surface area contributed by atoms with Crippen LogP contribution < -0.4 is 10.2 Å². The first-order chi connectivity index (χ1) is 11.5. The zero-order valence-electron chi connectivity index (χ0n) is 14.2. The molecular formula is C17H26N3O3S+. The van der Waals surface area contributed by atoms with Crippen LogP contribution in [0.1, 0.15) is 31.7 Å². The smallest absolute Gasteiger partial charge is 0.243 e. The maximum absolute atomic E-state index is 12.9. The van der Waals surface area contributed by atoms with Crippen molar-refractivity contribution in [3.63, 3.8) is 0 Å². The monoisotopic (exact) mass is 352 g/mol. The molecule has 2 aliphatic rings. The van der Waals surface area contributed by atoms with Crippen LogP contribution in [0, 0.1) is 0 Å². The van der Waals surface area contributed by atoms with Gasteiger partial charge >= 0.3 is 0 Å². The Kier molecular flexibility index (Phi) is 5.22. The highest BCUT2D eigenvalue weighted by molar-refractivity contribution is 7.89. The molecule has 1 saturated heterocycles. The molecule has 0 bridgehead atoms. The lowest BCUT2D eigenvalue weighted by Gasteiger charge is -2.31. The number of hydrogen-bond acceptors (Lipinski definition) is 3. The second-order valence-corrected chi connectivity index (χ2v) is 8.56. The van der Waals surface area contributed by atoms with Gasteiger partial charge in [0.2, 0.25) is 15.9 Å². The predicted octanol–water partition coefficient (Wildman–Crippen LogP) is 0.261. The molecule has 0 aromatic heterocycles. The number of nitrogens with zero attached hydrogens (tertiary/aromatic N) is 1. The number of piperazine rings is 1. The Morgan fingerprint density at radius 3 is 2.67 bits per heavy atom. The summed E-state index contributed by atoms with van der Waals surface area (Å²) in [4.78, 5) is 13.3. The van der Waals surface area contributed by atoms with Gasteiger partial charge in [-0.2, -0.15) is 4.31 Å². The van der Waals surface area contributed by atoms with E-state index in [4.69, 9.17) is 0 Å². The van der Waals surface area contributed by atoms with Crippen LogP contribution in [-0.2, 0) is 21.2 Å². The molecule has 0 aliphatic carbocycles. The van der Waals surface area contributed by atoms with Crippen molar-refractivity contribution < 1.29 is 18.1 Å². The fraction of sp³-hybridized carbons (Fsp3) is 0.588. The molecule has 6 nitrogen and oxygen atoms in total. The van der Waals surface area contributed by atoms with Crippen LogP contribution in [0.3, 0.4) is 0 Å². The van der Waals surface area contributed by atoms with Crippen LogP contribution in [0.15, 0.2) is 23.1 Å². The molecule has 1 fully saturated rings. The first-order valence-electron chi connectivity index (χ1n) is 8.77. The van der Waals surface area contributed by atoms with Gasteiger partial charge in [-0.25, -0.2) is 8.42 Å². The molecule has 0 atom stereocenters. The Hall–Kier alpha value is -1.44. The number of benzene rings is 1. The van der Waals surface area contributed by atoms with Gasteiger partial charge in [-0.1, -0.05) is 13.3 Å². The standard InChI is InChI=1S/C17H25N3O3S/c1-2-3-8-19-9-11-20(12-10-19)24(22,23)15-5-6-16-14(13-15)4-7-17(21)18-16/h5-6,13H,2-4,7-12H2,1H3,(H,18,21)/p+1. The summed E-state index contributed by atoms with van der Waals surface area (Å²) in [6.07, 6.45) is 3.38. The minimum atomic E-state index is -3.45. The first kappa shape index (κ1) is 17.4. The summed E-state index contributed by atoms with van der Waals surface area (Å²) in [7, 11) is -3.45. The summed E-state index contributed by atoms with van der Waals surface area (Å²) in [6, 6.07) is 5.04. The second kappa shape index (κ2) is 7.21. The maximum atomic E-state index is 12.9. The average molecular weight is 352 g/mol. The SMILES string of the molecule is CCCC[NH+]1CCN(S(=O)(=O)c2ccc3c(c2)CCC(=O)N3)CC1. The molecular weight excluding hydrogens is 326 g/mol. The third-order valence-electron chi connectivity index (χ3n) is 4.92. The Labute approximate surface area is 143 Å². The van der Waals surface area contributed by atoms with E-state index >= 15 is 0 Å². The van der Waals surface area contributed by atoms with Crippen molar-refractivity contribution >= 4 is 21.6 Å². The number of amides is 1. The minimum Gasteiger partial charge on any atom is -0.333 e. The molecule has 0 unspecified atom stereocenters. The van der Waals surface area contributed by atoms with Crippen molar-refractivity contribution in [3.8, 4) is 0 Å². The van der Waals surface area contributed by atoms with E-state index in [0.29, 0.717) is 30.8 Å². The molecule has 2 N–H and O–H groups in total. The highest BCUT2D eigenvalue weighted by Gasteiger charge is 2.31. The van der Waals surface area contributed by atoms with Crippen molar-refractivity contribution in [3.05, 3.63) is 23.8 Å². The van der Waals surface area contributed by atoms with E-state index in [0.717, 1.165) is 30.9 Å². The summed E-state index contributed by atoms with van der Waals surface area (Å²) in [6.45, 7) is 6.21. The van der Waals surface area contributed by atoms with Crippen LogP contribution >= 0.6 is 0 Å². The van der Waals surface area contributed by atoms with Crippen LogP contribution in [0.5, 0.6) is 0 Å². The van der Waals surface area contributed by atoms with E-state index in [1.54, 1.807) is 22.5 Å². The van der Waals surface area contributed by atoms with Crippen molar-refractivity contribution in [2.45, 2.75) is 37.5 Å². The fourth-order valence-electron chi connectivity index (χ4n) is 3.39. The number of nitrogens with one attached hydrogen (secondary N) is 2. The van der Waals surface area contributed by atoms with Crippen molar-refractivity contribution in [2.24, 2.45) is 0 Å². The van der Waals surface area contributed by atoms with Gasteiger partial charge in [-0.15, -0.1) is 0 Å². The number of aryl methyl sites for hydroxylation is 1. The number of carbonyl (C=O) groups excluding carboxylic acids is 1. The Morgan fingerprint density at radius 1 is 1.21 bits per heavy atom. The number of hydrogen-bond donors (Lipinski definition) is 2. The lowest BCUT2D eigenvalue weighted by Crippen LogP contribution is -3.14. The molecule has 3 rings (SSSR count). The van der Waals surface area contributed by atoms with Crippen LogP contribution in [0.25, 0.3) is 0 Å². The number of rotatable bonds is 5. The van der Waals surface area contributed by atoms with E-state index in [9.17, 15) is 13.2 Å². The molecule has 0 spiro atoms. The van der Waals surface area contributed by atoms with Gasteiger partial charge in [-0.05, 0) is 36.6 Å². The zero-order valence-corrected chi connectivity index (χ0v) is 15.0. The Balaban J connectivity index is 1.71. The molecule has 1 amide bonds. The summed E-state index contributed by atoms with van der Waals surface area (Å²) < 4.78 is 27.4. The normalized spacial score (nSPS) is 19.8. The summed E-state index contributed by atoms with van der Waals surface area (Å²) in [5, 5.41) is 2.79. The molecule has 0 radical (unpaired) electrons. The summed E-state index contributed by atoms with van der Waals surface area (Å²) in [5.41, 5.74) is 1.64. The van der Waals surface area contributed by atoms with E-state index in [-0.39, 0.29) is 5.91 Å². The van der Waals surface area contributed by atoms with Crippen molar-refractivity contribution in [1.82, 2.24) is 4.31 Å². The number of unbranched alkanes of at least 4 members (excludes halogenated alkanes) is 1. The van der Waals surface area contributed by atoms with Crippen LogP contribution in [0.4, 0.5) is 5.69 Å². The highest BCUT2D eigenvalue weighted by atomic mass is 32.2. The van der Waals surface area contributed by atoms with Gasteiger partial charge in [0.15, 0.2) is 0 Å². The molecule has 0 saturated carbocycles. The number of sulfonamides is 1. The molecule has 1 aromatic rings. The predicted molar refractivity (Wildman–Crippen MR) is 92.6 cm³/mol. The molecule has 1 aromatic carbocycles. The zero-order chi connectivity index (χ0) is 17.2. The van der Waals surface area contributed by atoms with E-state index in [1.807, 2.05) is 0 Å². The third kappa shape index (κ3) is 3.63. The molecule has 132 valence electrons. The fourth-order valence-corrected chi connectivity index (χ4v) is 4.88. The Bertz CT molecular complexity index is 710. The summed E-state index contributed by atoms with van der Waals surface area (Å²) >= 11 is 0. The second-order valence-electron chi connectivity index (χ2n) is 6.62. The molecule has 7 heteroatoms. The molecule has 2 aliphatic heterocycles. The van der Waals surface area contributed by atoms with Gasteiger partial charge in [0.25, 0.3) is 0 Å². The van der Waals surface area contributed by atoms with Gasteiger partial charge in [0.05, 0.1) is 37.6 Å². The van der Waals surface area contributed by atoms with Gasteiger partial charge in [-0.3, -0.25) is 4.79 Å². The lowest BCUT2D eigenvalue weighted by atomic mass is 10.0. The van der Waals surface area contributed by atoms with Gasteiger partial charge in [0, 0.05) is 12.1 Å². The summed E-state index contributed by atoms with van der Waals surface area (Å²) in [5.74, 6) is -0.00992. The number of fused-ring (bicyclic) bond motifs is 1. The average Bonchev–Trinajstić information content (AvgIpc) is 2.59. The quantitative estimate of drug-likeness (QED) is 0.799. The van der Waals surface area contributed by atoms with Crippen molar-refractivity contribution in [1.29, 1.82) is 0 Å². The lowest BCUT2D eigenvalue weighted by molar-refractivity contribution is -0.903. The van der Waals surface area contributed by atoms with Crippen LogP contribution in [0.2, 0.25) is 0 Å². The van der Waals surface area contributed by atoms with Crippen molar-refractivity contribution in [2.75, 3.05) is 38.0 Å². The van der Waals surface area contributed by atoms with E-state index in [2.05, 4.69) is 12.2 Å². The first-order valence-corrected chi connectivity index (χ1v) is 10.2. The van der Waals surface area contributed by atoms with Crippen LogP contribution in [-0.4, -0.2) is 51.4 Å². The number of quaternary nitrogens is 1. The minimum absolute atomic E-state index is 0.00992. The van der Waals surface area contributed by atoms with Gasteiger partial charge < -0.3 is 10.2 Å². The topological polar surface area (TPSA) is 70.9 Å². The number of anilines is 1. The molecule has 2 heterocycles. The number of carbonyl (C=O) groups is 1. The van der Waals surface area contributed by atoms with E-state index < -0.39 is 10.0 Å².